The van der Waals surface area contributed by atoms with Crippen molar-refractivity contribution in [2.75, 3.05) is 31.9 Å². The standard InChI is InChI=1S/C15H23NS3/c1-17-13-9-12(8-11-4-6-16-7-5-11)10-14(18-2)15(13)19-3/h9-11,16H,4-8H2,1-3H3. The fourth-order valence-corrected chi connectivity index (χ4v) is 5.39. The first-order chi connectivity index (χ1) is 9.28. The second-order valence-corrected chi connectivity index (χ2v) is 7.44. The quantitative estimate of drug-likeness (QED) is 0.808. The van der Waals surface area contributed by atoms with Gasteiger partial charge in [0.15, 0.2) is 0 Å². The third-order valence-electron chi connectivity index (χ3n) is 3.71. The van der Waals surface area contributed by atoms with Gasteiger partial charge in [-0.05, 0) is 74.7 Å². The smallest absolute Gasteiger partial charge is 0.0341 e. The van der Waals surface area contributed by atoms with Crippen LogP contribution in [0.5, 0.6) is 0 Å². The summed E-state index contributed by atoms with van der Waals surface area (Å²) in [5.41, 5.74) is 1.53. The van der Waals surface area contributed by atoms with E-state index in [2.05, 4.69) is 36.2 Å². The van der Waals surface area contributed by atoms with Crippen LogP contribution in [0.25, 0.3) is 0 Å². The highest BCUT2D eigenvalue weighted by atomic mass is 32.2. The van der Waals surface area contributed by atoms with E-state index in [1.165, 1.54) is 52.6 Å². The number of hydrogen-bond donors (Lipinski definition) is 1. The summed E-state index contributed by atoms with van der Waals surface area (Å²) in [6.07, 6.45) is 10.5. The number of rotatable bonds is 5. The molecular formula is C15H23NS3. The topological polar surface area (TPSA) is 12.0 Å². The van der Waals surface area contributed by atoms with Gasteiger partial charge in [0.2, 0.25) is 0 Å². The van der Waals surface area contributed by atoms with Crippen molar-refractivity contribution < 1.29 is 0 Å². The lowest BCUT2D eigenvalue weighted by Crippen LogP contribution is -2.28. The van der Waals surface area contributed by atoms with Crippen LogP contribution in [0.3, 0.4) is 0 Å². The lowest BCUT2D eigenvalue weighted by Gasteiger charge is -2.23. The van der Waals surface area contributed by atoms with Crippen LogP contribution in [0.4, 0.5) is 0 Å². The number of piperidine rings is 1. The van der Waals surface area contributed by atoms with E-state index in [0.717, 1.165) is 5.92 Å². The molecule has 1 heterocycles. The Labute approximate surface area is 130 Å². The van der Waals surface area contributed by atoms with E-state index in [1.54, 1.807) is 0 Å². The highest BCUT2D eigenvalue weighted by Crippen LogP contribution is 2.38. The molecule has 2 rings (SSSR count). The summed E-state index contributed by atoms with van der Waals surface area (Å²) in [6, 6.07) is 4.83. The molecule has 0 spiro atoms. The molecule has 0 amide bonds. The Morgan fingerprint density at radius 2 is 1.58 bits per heavy atom. The van der Waals surface area contributed by atoms with Crippen molar-refractivity contribution in [3.05, 3.63) is 17.7 Å². The van der Waals surface area contributed by atoms with Crippen LogP contribution in [-0.2, 0) is 6.42 Å². The minimum atomic E-state index is 0.866. The molecule has 1 aliphatic rings. The third-order valence-corrected chi connectivity index (χ3v) is 6.34. The molecule has 1 aromatic rings. The second kappa shape index (κ2) is 7.87. The number of hydrogen-bond acceptors (Lipinski definition) is 4. The maximum Gasteiger partial charge on any atom is 0.0341 e. The summed E-state index contributed by atoms with van der Waals surface area (Å²) in [7, 11) is 0. The molecule has 1 fully saturated rings. The van der Waals surface area contributed by atoms with Crippen LogP contribution >= 0.6 is 35.3 Å². The Balaban J connectivity index is 2.20. The van der Waals surface area contributed by atoms with Crippen LogP contribution in [0.1, 0.15) is 18.4 Å². The molecule has 0 aliphatic carbocycles. The molecular weight excluding hydrogens is 290 g/mol. The van der Waals surface area contributed by atoms with Gasteiger partial charge in [0.05, 0.1) is 0 Å². The molecule has 0 unspecified atom stereocenters. The number of benzene rings is 1. The minimum Gasteiger partial charge on any atom is -0.317 e. The lowest BCUT2D eigenvalue weighted by atomic mass is 9.91. The van der Waals surface area contributed by atoms with Gasteiger partial charge in [-0.15, -0.1) is 35.3 Å². The highest BCUT2D eigenvalue weighted by Gasteiger charge is 2.16. The molecule has 106 valence electrons. The van der Waals surface area contributed by atoms with E-state index in [4.69, 9.17) is 0 Å². The van der Waals surface area contributed by atoms with Crippen molar-refractivity contribution in [2.45, 2.75) is 33.9 Å². The Morgan fingerprint density at radius 1 is 1.00 bits per heavy atom. The van der Waals surface area contributed by atoms with Gasteiger partial charge in [0.25, 0.3) is 0 Å². The first-order valence-electron chi connectivity index (χ1n) is 6.78. The van der Waals surface area contributed by atoms with Gasteiger partial charge in [0.1, 0.15) is 0 Å². The van der Waals surface area contributed by atoms with Gasteiger partial charge in [-0.1, -0.05) is 0 Å². The van der Waals surface area contributed by atoms with E-state index in [9.17, 15) is 0 Å². The third kappa shape index (κ3) is 4.10. The SMILES string of the molecule is CSc1cc(CC2CCNCC2)cc(SC)c1SC. The van der Waals surface area contributed by atoms with Gasteiger partial charge in [0, 0.05) is 14.7 Å². The summed E-state index contributed by atoms with van der Waals surface area (Å²) in [6.45, 7) is 2.39. The highest BCUT2D eigenvalue weighted by molar-refractivity contribution is 8.03. The summed E-state index contributed by atoms with van der Waals surface area (Å²) in [5.74, 6) is 0.866. The summed E-state index contributed by atoms with van der Waals surface area (Å²) >= 11 is 5.63. The molecule has 1 saturated heterocycles. The van der Waals surface area contributed by atoms with E-state index in [1.807, 2.05) is 35.3 Å². The normalized spacial score (nSPS) is 16.8. The second-order valence-electron chi connectivity index (χ2n) is 4.93. The summed E-state index contributed by atoms with van der Waals surface area (Å²) < 4.78 is 0. The zero-order valence-corrected chi connectivity index (χ0v) is 14.4. The molecule has 1 aromatic carbocycles. The van der Waals surface area contributed by atoms with E-state index in [0.29, 0.717) is 0 Å². The monoisotopic (exact) mass is 313 g/mol. The van der Waals surface area contributed by atoms with Crippen molar-refractivity contribution in [1.82, 2.24) is 5.32 Å². The summed E-state index contributed by atoms with van der Waals surface area (Å²) in [4.78, 5) is 4.35. The predicted molar refractivity (Wildman–Crippen MR) is 91.1 cm³/mol. The molecule has 0 aromatic heterocycles. The van der Waals surface area contributed by atoms with Gasteiger partial charge >= 0.3 is 0 Å². The Bertz CT molecular complexity index is 389. The van der Waals surface area contributed by atoms with Gasteiger partial charge in [-0.2, -0.15) is 0 Å². The van der Waals surface area contributed by atoms with Gasteiger partial charge in [-0.3, -0.25) is 0 Å². The molecule has 1 N–H and O–H groups in total. The van der Waals surface area contributed by atoms with E-state index < -0.39 is 0 Å². The van der Waals surface area contributed by atoms with Crippen molar-refractivity contribution in [1.29, 1.82) is 0 Å². The van der Waals surface area contributed by atoms with Crippen LogP contribution in [-0.4, -0.2) is 31.9 Å². The average molecular weight is 314 g/mol. The number of nitrogens with one attached hydrogen (secondary N) is 1. The summed E-state index contributed by atoms with van der Waals surface area (Å²) in [5, 5.41) is 3.45. The maximum absolute atomic E-state index is 3.45. The minimum absolute atomic E-state index is 0.866. The molecule has 0 bridgehead atoms. The molecule has 0 radical (unpaired) electrons. The molecule has 19 heavy (non-hydrogen) atoms. The number of thioether (sulfide) groups is 3. The maximum atomic E-state index is 3.45. The van der Waals surface area contributed by atoms with Gasteiger partial charge < -0.3 is 5.32 Å². The zero-order valence-electron chi connectivity index (χ0n) is 12.0. The van der Waals surface area contributed by atoms with Crippen LogP contribution in [0, 0.1) is 5.92 Å². The molecule has 1 aliphatic heterocycles. The van der Waals surface area contributed by atoms with Gasteiger partial charge in [-0.25, -0.2) is 0 Å². The fraction of sp³-hybridized carbons (Fsp3) is 0.600. The Hall–Kier alpha value is 0.230. The zero-order chi connectivity index (χ0) is 13.7. The fourth-order valence-electron chi connectivity index (χ4n) is 2.67. The van der Waals surface area contributed by atoms with Crippen LogP contribution in [0.2, 0.25) is 0 Å². The first kappa shape index (κ1) is 15.6. The molecule has 0 atom stereocenters. The Morgan fingerprint density at radius 3 is 2.05 bits per heavy atom. The van der Waals surface area contributed by atoms with E-state index >= 15 is 0 Å². The lowest BCUT2D eigenvalue weighted by molar-refractivity contribution is 0.372. The van der Waals surface area contributed by atoms with Crippen LogP contribution in [0.15, 0.2) is 26.8 Å². The largest absolute Gasteiger partial charge is 0.317 e. The van der Waals surface area contributed by atoms with Crippen LogP contribution < -0.4 is 5.32 Å². The molecule has 0 saturated carbocycles. The molecule has 1 nitrogen and oxygen atoms in total. The van der Waals surface area contributed by atoms with Crippen molar-refractivity contribution in [3.63, 3.8) is 0 Å². The molecule has 4 heteroatoms. The average Bonchev–Trinajstić information content (AvgIpc) is 2.47. The van der Waals surface area contributed by atoms with E-state index in [-0.39, 0.29) is 0 Å². The predicted octanol–water partition coefficient (Wildman–Crippen LogP) is 4.39. The first-order valence-corrected chi connectivity index (χ1v) is 10.5. The van der Waals surface area contributed by atoms with Crippen molar-refractivity contribution in [3.8, 4) is 0 Å². The van der Waals surface area contributed by atoms with Crippen molar-refractivity contribution >= 4 is 35.3 Å². The van der Waals surface area contributed by atoms with Crippen molar-refractivity contribution in [2.24, 2.45) is 5.92 Å². The Kier molecular flexibility index (Phi) is 6.46.